The number of nitrogens with zero attached hydrogens (tertiary/aromatic N) is 4. The molecule has 0 amide bonds. The maximum atomic E-state index is 12.4. The molecule has 4 aromatic rings. The van der Waals surface area contributed by atoms with Gasteiger partial charge in [0.2, 0.25) is 0 Å². The topological polar surface area (TPSA) is 52.7 Å². The maximum absolute atomic E-state index is 12.4. The number of para-hydroxylation sites is 1. The van der Waals surface area contributed by atoms with Crippen molar-refractivity contribution in [2.75, 3.05) is 0 Å². The van der Waals surface area contributed by atoms with Crippen LogP contribution in [0.15, 0.2) is 51.7 Å². The second-order valence-electron chi connectivity index (χ2n) is 5.78. The van der Waals surface area contributed by atoms with E-state index in [9.17, 15) is 4.79 Å². The molecule has 132 valence electrons. The van der Waals surface area contributed by atoms with E-state index in [-0.39, 0.29) is 5.56 Å². The van der Waals surface area contributed by atoms with Gasteiger partial charge in [-0.3, -0.25) is 9.36 Å². The van der Waals surface area contributed by atoms with Crippen LogP contribution >= 0.6 is 34.7 Å². The Kier molecular flexibility index (Phi) is 4.60. The number of halogens is 1. The minimum atomic E-state index is -0.0182. The molecule has 0 spiro atoms. The number of rotatable bonds is 4. The minimum absolute atomic E-state index is 0.0182. The standard InChI is InChI=1S/C18H15ClN4OS2/c1-11-13(16(19)23(21-11)12-6-4-3-5-7-12)10-26-18-20-14-8-9-25-15(14)17(24)22(18)2/h3-9H,10H2,1-2H3. The van der Waals surface area contributed by atoms with Gasteiger partial charge in [0, 0.05) is 18.4 Å². The molecule has 0 radical (unpaired) electrons. The molecule has 0 bridgehead atoms. The number of aryl methyl sites for hydroxylation is 1. The molecule has 1 aromatic carbocycles. The van der Waals surface area contributed by atoms with Crippen molar-refractivity contribution in [3.05, 3.63) is 68.5 Å². The van der Waals surface area contributed by atoms with Crippen molar-refractivity contribution in [1.82, 2.24) is 19.3 Å². The fourth-order valence-electron chi connectivity index (χ4n) is 2.67. The summed E-state index contributed by atoms with van der Waals surface area (Å²) in [6.45, 7) is 1.94. The summed E-state index contributed by atoms with van der Waals surface area (Å²) in [5.41, 5.74) is 3.45. The van der Waals surface area contributed by atoms with Gasteiger partial charge in [-0.15, -0.1) is 11.3 Å². The van der Waals surface area contributed by atoms with Gasteiger partial charge in [0.05, 0.1) is 16.9 Å². The zero-order valence-electron chi connectivity index (χ0n) is 14.1. The predicted molar refractivity (Wildman–Crippen MR) is 108 cm³/mol. The Bertz CT molecular complexity index is 1150. The van der Waals surface area contributed by atoms with Crippen LogP contribution in [0.4, 0.5) is 0 Å². The van der Waals surface area contributed by atoms with Gasteiger partial charge in [-0.25, -0.2) is 9.67 Å². The van der Waals surface area contributed by atoms with Crippen LogP contribution in [0, 0.1) is 6.92 Å². The fraction of sp³-hybridized carbons (Fsp3) is 0.167. The number of benzene rings is 1. The zero-order chi connectivity index (χ0) is 18.3. The Labute approximate surface area is 163 Å². The number of aromatic nitrogens is 4. The van der Waals surface area contributed by atoms with Crippen LogP contribution in [-0.2, 0) is 12.8 Å². The van der Waals surface area contributed by atoms with E-state index in [4.69, 9.17) is 11.6 Å². The Morgan fingerprint density at radius 3 is 2.77 bits per heavy atom. The van der Waals surface area contributed by atoms with Crippen molar-refractivity contribution >= 4 is 44.9 Å². The van der Waals surface area contributed by atoms with Crippen molar-refractivity contribution in [1.29, 1.82) is 0 Å². The first kappa shape index (κ1) is 17.3. The van der Waals surface area contributed by atoms with E-state index < -0.39 is 0 Å². The molecule has 0 saturated carbocycles. The van der Waals surface area contributed by atoms with Crippen LogP contribution in [-0.4, -0.2) is 19.3 Å². The lowest BCUT2D eigenvalue weighted by molar-refractivity contribution is 0.728. The van der Waals surface area contributed by atoms with E-state index in [0.717, 1.165) is 22.5 Å². The van der Waals surface area contributed by atoms with Crippen molar-refractivity contribution in [3.8, 4) is 5.69 Å². The molecule has 0 aliphatic rings. The second kappa shape index (κ2) is 6.90. The third kappa shape index (κ3) is 2.96. The van der Waals surface area contributed by atoms with Crippen molar-refractivity contribution in [3.63, 3.8) is 0 Å². The summed E-state index contributed by atoms with van der Waals surface area (Å²) in [4.78, 5) is 17.0. The fourth-order valence-corrected chi connectivity index (χ4v) is 4.95. The SMILES string of the molecule is Cc1nn(-c2ccccc2)c(Cl)c1CSc1nc2ccsc2c(=O)n1C. The molecule has 0 atom stereocenters. The highest BCUT2D eigenvalue weighted by Crippen LogP contribution is 2.30. The number of hydrogen-bond donors (Lipinski definition) is 0. The number of thioether (sulfide) groups is 1. The zero-order valence-corrected chi connectivity index (χ0v) is 16.5. The average Bonchev–Trinajstić information content (AvgIpc) is 3.23. The summed E-state index contributed by atoms with van der Waals surface area (Å²) in [6.07, 6.45) is 0. The smallest absolute Gasteiger partial charge is 0.271 e. The highest BCUT2D eigenvalue weighted by Gasteiger charge is 2.17. The van der Waals surface area contributed by atoms with E-state index in [2.05, 4.69) is 10.1 Å². The van der Waals surface area contributed by atoms with E-state index in [1.54, 1.807) is 16.3 Å². The lowest BCUT2D eigenvalue weighted by Crippen LogP contribution is -2.18. The van der Waals surface area contributed by atoms with E-state index in [0.29, 0.717) is 20.8 Å². The van der Waals surface area contributed by atoms with Gasteiger partial charge in [0.1, 0.15) is 9.85 Å². The summed E-state index contributed by atoms with van der Waals surface area (Å²) in [6, 6.07) is 11.7. The monoisotopic (exact) mass is 402 g/mol. The highest BCUT2D eigenvalue weighted by atomic mass is 35.5. The highest BCUT2D eigenvalue weighted by molar-refractivity contribution is 7.98. The van der Waals surface area contributed by atoms with Crippen LogP contribution in [0.25, 0.3) is 15.9 Å². The minimum Gasteiger partial charge on any atom is -0.290 e. The van der Waals surface area contributed by atoms with Gasteiger partial charge in [-0.2, -0.15) is 5.10 Å². The summed E-state index contributed by atoms with van der Waals surface area (Å²) in [7, 11) is 1.75. The Balaban J connectivity index is 1.66. The van der Waals surface area contributed by atoms with Gasteiger partial charge < -0.3 is 0 Å². The van der Waals surface area contributed by atoms with Crippen LogP contribution in [0.3, 0.4) is 0 Å². The van der Waals surface area contributed by atoms with E-state index >= 15 is 0 Å². The van der Waals surface area contributed by atoms with Crippen molar-refractivity contribution in [2.24, 2.45) is 7.05 Å². The van der Waals surface area contributed by atoms with Gasteiger partial charge >= 0.3 is 0 Å². The Hall–Kier alpha value is -2.09. The molecule has 0 N–H and O–H groups in total. The molecule has 0 aliphatic heterocycles. The Morgan fingerprint density at radius 2 is 2.00 bits per heavy atom. The van der Waals surface area contributed by atoms with Crippen molar-refractivity contribution in [2.45, 2.75) is 17.8 Å². The maximum Gasteiger partial charge on any atom is 0.271 e. The quantitative estimate of drug-likeness (QED) is 0.374. The van der Waals surface area contributed by atoms with Crippen LogP contribution < -0.4 is 5.56 Å². The molecule has 5 nitrogen and oxygen atoms in total. The molecule has 0 fully saturated rings. The molecule has 26 heavy (non-hydrogen) atoms. The summed E-state index contributed by atoms with van der Waals surface area (Å²) >= 11 is 9.48. The van der Waals surface area contributed by atoms with E-state index in [1.165, 1.54) is 23.1 Å². The number of fused-ring (bicyclic) bond motifs is 1. The summed E-state index contributed by atoms with van der Waals surface area (Å²) < 4.78 is 4.01. The normalized spacial score (nSPS) is 11.3. The first-order chi connectivity index (χ1) is 12.6. The average molecular weight is 403 g/mol. The molecular formula is C18H15ClN4OS2. The molecule has 0 saturated heterocycles. The Morgan fingerprint density at radius 1 is 1.23 bits per heavy atom. The van der Waals surface area contributed by atoms with E-state index in [1.807, 2.05) is 48.7 Å². The van der Waals surface area contributed by atoms with Crippen LogP contribution in [0.5, 0.6) is 0 Å². The second-order valence-corrected chi connectivity index (χ2v) is 8.00. The molecule has 3 heterocycles. The number of hydrogen-bond acceptors (Lipinski definition) is 5. The largest absolute Gasteiger partial charge is 0.290 e. The summed E-state index contributed by atoms with van der Waals surface area (Å²) in [5, 5.41) is 7.70. The molecule has 4 rings (SSSR count). The van der Waals surface area contributed by atoms with Crippen LogP contribution in [0.2, 0.25) is 5.15 Å². The molecule has 8 heteroatoms. The third-order valence-corrected chi connectivity index (χ3v) is 6.45. The first-order valence-electron chi connectivity index (χ1n) is 7.92. The lowest BCUT2D eigenvalue weighted by Gasteiger charge is -2.07. The predicted octanol–water partition coefficient (Wildman–Crippen LogP) is 4.43. The first-order valence-corrected chi connectivity index (χ1v) is 10.2. The molecule has 0 unspecified atom stereocenters. The van der Waals surface area contributed by atoms with Gasteiger partial charge in [0.25, 0.3) is 5.56 Å². The summed E-state index contributed by atoms with van der Waals surface area (Å²) in [5.74, 6) is 0.591. The molecule has 3 aromatic heterocycles. The van der Waals surface area contributed by atoms with Crippen LogP contribution in [0.1, 0.15) is 11.3 Å². The van der Waals surface area contributed by atoms with Gasteiger partial charge in [-0.05, 0) is 30.5 Å². The van der Waals surface area contributed by atoms with Crippen molar-refractivity contribution < 1.29 is 0 Å². The molecular weight excluding hydrogens is 388 g/mol. The van der Waals surface area contributed by atoms with Gasteiger partial charge in [0.15, 0.2) is 5.16 Å². The third-order valence-electron chi connectivity index (χ3n) is 4.11. The lowest BCUT2D eigenvalue weighted by atomic mass is 10.3. The molecule has 0 aliphatic carbocycles. The number of thiophene rings is 1. The van der Waals surface area contributed by atoms with Gasteiger partial charge in [-0.1, -0.05) is 41.6 Å².